The van der Waals surface area contributed by atoms with Crippen LogP contribution in [-0.4, -0.2) is 4.98 Å². The van der Waals surface area contributed by atoms with E-state index in [4.69, 9.17) is 0 Å². The molecule has 0 saturated carbocycles. The Morgan fingerprint density at radius 2 is 1.75 bits per heavy atom. The van der Waals surface area contributed by atoms with Crippen LogP contribution >= 0.6 is 0 Å². The molecule has 0 bridgehead atoms. The molecule has 1 aliphatic carbocycles. The lowest BCUT2D eigenvalue weighted by atomic mass is 10.1. The van der Waals surface area contributed by atoms with Crippen molar-refractivity contribution < 1.29 is 0 Å². The van der Waals surface area contributed by atoms with Crippen LogP contribution in [0.4, 0.5) is 0 Å². The normalized spacial score (nSPS) is 13.8. The predicted molar refractivity (Wildman–Crippen MR) is 68.0 cm³/mol. The molecule has 0 aliphatic heterocycles. The lowest BCUT2D eigenvalue weighted by Crippen LogP contribution is -1.86. The van der Waals surface area contributed by atoms with Crippen molar-refractivity contribution in [2.45, 2.75) is 13.8 Å². The smallest absolute Gasteiger partial charge is 0.0452 e. The summed E-state index contributed by atoms with van der Waals surface area (Å²) in [6, 6.07) is 8.48. The van der Waals surface area contributed by atoms with E-state index in [2.05, 4.69) is 61.8 Å². The maximum Gasteiger partial charge on any atom is 0.0452 e. The van der Waals surface area contributed by atoms with Crippen molar-refractivity contribution in [3.8, 4) is 0 Å². The van der Waals surface area contributed by atoms with Gasteiger partial charge in [-0.25, -0.2) is 0 Å². The zero-order valence-corrected chi connectivity index (χ0v) is 9.54. The highest BCUT2D eigenvalue weighted by molar-refractivity contribution is 5.94. The number of aryl methyl sites for hydroxylation is 1. The molecular weight excluding hydrogens is 194 g/mol. The Morgan fingerprint density at radius 3 is 2.38 bits per heavy atom. The van der Waals surface area contributed by atoms with E-state index in [0.717, 1.165) is 0 Å². The third kappa shape index (κ3) is 1.32. The van der Waals surface area contributed by atoms with Crippen molar-refractivity contribution in [2.24, 2.45) is 0 Å². The van der Waals surface area contributed by atoms with Crippen molar-refractivity contribution in [3.63, 3.8) is 0 Å². The number of aromatic amines is 1. The second-order valence-corrected chi connectivity index (χ2v) is 4.34. The van der Waals surface area contributed by atoms with Gasteiger partial charge in [-0.05, 0) is 47.8 Å². The first kappa shape index (κ1) is 9.46. The number of nitrogens with one attached hydrogen (secondary N) is 1. The van der Waals surface area contributed by atoms with Gasteiger partial charge in [-0.2, -0.15) is 0 Å². The van der Waals surface area contributed by atoms with Gasteiger partial charge in [-0.3, -0.25) is 0 Å². The predicted octanol–water partition coefficient (Wildman–Crippen LogP) is 3.74. The van der Waals surface area contributed by atoms with Crippen molar-refractivity contribution in [3.05, 3.63) is 64.8 Å². The molecule has 3 rings (SSSR count). The van der Waals surface area contributed by atoms with E-state index in [1.165, 1.54) is 33.5 Å². The summed E-state index contributed by atoms with van der Waals surface area (Å²) in [6.07, 6.45) is 6.56. The maximum absolute atomic E-state index is 3.35. The van der Waals surface area contributed by atoms with Gasteiger partial charge in [0.1, 0.15) is 0 Å². The fraction of sp³-hybridized carbons (Fsp3) is 0.133. The van der Waals surface area contributed by atoms with Crippen LogP contribution in [0.3, 0.4) is 0 Å². The summed E-state index contributed by atoms with van der Waals surface area (Å²) in [7, 11) is 0. The molecule has 16 heavy (non-hydrogen) atoms. The summed E-state index contributed by atoms with van der Waals surface area (Å²) in [4.78, 5) is 3.35. The van der Waals surface area contributed by atoms with Gasteiger partial charge in [0, 0.05) is 18.3 Å². The fourth-order valence-electron chi connectivity index (χ4n) is 2.19. The van der Waals surface area contributed by atoms with Gasteiger partial charge in [0.2, 0.25) is 0 Å². The first-order valence-electron chi connectivity index (χ1n) is 5.56. The van der Waals surface area contributed by atoms with Gasteiger partial charge in [-0.15, -0.1) is 0 Å². The van der Waals surface area contributed by atoms with Crippen molar-refractivity contribution >= 4 is 11.6 Å². The summed E-state index contributed by atoms with van der Waals surface area (Å²) in [5.74, 6) is 0. The van der Waals surface area contributed by atoms with Crippen LogP contribution < -0.4 is 0 Å². The number of fused-ring (bicyclic) bond motifs is 1. The largest absolute Gasteiger partial charge is 0.361 e. The maximum atomic E-state index is 3.35. The fourth-order valence-corrected chi connectivity index (χ4v) is 2.19. The standard InChI is InChI=1S/C15H14N/c1-10-9-16-15(11(10)2)14-7-12-5-3-4-6-13(12)8-14/h3-9,16H,1-2H3. The van der Waals surface area contributed by atoms with Gasteiger partial charge in [0.05, 0.1) is 0 Å². The molecule has 79 valence electrons. The van der Waals surface area contributed by atoms with E-state index in [0.29, 0.717) is 0 Å². The molecule has 0 saturated heterocycles. The molecule has 0 fully saturated rings. The molecule has 2 aromatic rings. The summed E-state index contributed by atoms with van der Waals surface area (Å²) in [5.41, 5.74) is 7.81. The summed E-state index contributed by atoms with van der Waals surface area (Å²) >= 11 is 0. The van der Waals surface area contributed by atoms with Crippen LogP contribution in [0.25, 0.3) is 11.6 Å². The Kier molecular flexibility index (Phi) is 2.00. The van der Waals surface area contributed by atoms with E-state index in [-0.39, 0.29) is 0 Å². The minimum Gasteiger partial charge on any atom is -0.361 e. The van der Waals surface area contributed by atoms with Gasteiger partial charge >= 0.3 is 0 Å². The average molecular weight is 208 g/mol. The SMILES string of the molecule is Cc1c[nH]c(C2=Cc3ccccc3[CH]2)c1C. The average Bonchev–Trinajstić information content (AvgIpc) is 2.84. The van der Waals surface area contributed by atoms with Gasteiger partial charge in [0.15, 0.2) is 0 Å². The molecule has 1 radical (unpaired) electrons. The number of rotatable bonds is 1. The van der Waals surface area contributed by atoms with E-state index < -0.39 is 0 Å². The van der Waals surface area contributed by atoms with E-state index in [9.17, 15) is 0 Å². The highest BCUT2D eigenvalue weighted by Gasteiger charge is 2.16. The number of aromatic nitrogens is 1. The number of hydrogen-bond acceptors (Lipinski definition) is 0. The van der Waals surface area contributed by atoms with Crippen LogP contribution in [0.2, 0.25) is 0 Å². The molecule has 0 spiro atoms. The van der Waals surface area contributed by atoms with Gasteiger partial charge in [-0.1, -0.05) is 24.3 Å². The van der Waals surface area contributed by atoms with Crippen LogP contribution in [0.15, 0.2) is 30.5 Å². The van der Waals surface area contributed by atoms with Crippen LogP contribution in [-0.2, 0) is 0 Å². The molecule has 1 heteroatoms. The summed E-state index contributed by atoms with van der Waals surface area (Å²) < 4.78 is 0. The third-order valence-corrected chi connectivity index (χ3v) is 3.31. The number of H-pyrrole nitrogens is 1. The van der Waals surface area contributed by atoms with Gasteiger partial charge in [0.25, 0.3) is 0 Å². The molecule has 1 aromatic heterocycles. The monoisotopic (exact) mass is 208 g/mol. The van der Waals surface area contributed by atoms with Crippen molar-refractivity contribution in [1.29, 1.82) is 0 Å². The number of allylic oxidation sites excluding steroid dienone is 1. The van der Waals surface area contributed by atoms with E-state index in [1.807, 2.05) is 0 Å². The molecule has 1 N–H and O–H groups in total. The Bertz CT molecular complexity index is 573. The van der Waals surface area contributed by atoms with Crippen molar-refractivity contribution in [2.75, 3.05) is 0 Å². The summed E-state index contributed by atoms with van der Waals surface area (Å²) in [6.45, 7) is 4.30. The first-order valence-corrected chi connectivity index (χ1v) is 5.56. The second kappa shape index (κ2) is 3.38. The quantitative estimate of drug-likeness (QED) is 0.734. The highest BCUT2D eigenvalue weighted by Crippen LogP contribution is 2.34. The molecule has 0 atom stereocenters. The molecule has 1 aromatic carbocycles. The molecule has 1 heterocycles. The molecule has 1 aliphatic rings. The number of benzene rings is 1. The van der Waals surface area contributed by atoms with Crippen molar-refractivity contribution in [1.82, 2.24) is 4.98 Å². The molecule has 0 amide bonds. The zero-order chi connectivity index (χ0) is 11.1. The van der Waals surface area contributed by atoms with E-state index in [1.54, 1.807) is 0 Å². The minimum absolute atomic E-state index is 1.24. The third-order valence-electron chi connectivity index (χ3n) is 3.31. The second-order valence-electron chi connectivity index (χ2n) is 4.34. The Labute approximate surface area is 95.8 Å². The highest BCUT2D eigenvalue weighted by atomic mass is 14.7. The number of hydrogen-bond donors (Lipinski definition) is 1. The topological polar surface area (TPSA) is 15.8 Å². The van der Waals surface area contributed by atoms with Gasteiger partial charge < -0.3 is 4.98 Å². The van der Waals surface area contributed by atoms with Crippen LogP contribution in [0.5, 0.6) is 0 Å². The summed E-state index contributed by atoms with van der Waals surface area (Å²) in [5, 5.41) is 0. The van der Waals surface area contributed by atoms with E-state index >= 15 is 0 Å². The Morgan fingerprint density at radius 1 is 1.00 bits per heavy atom. The molecule has 0 unspecified atom stereocenters. The first-order chi connectivity index (χ1) is 7.75. The minimum atomic E-state index is 1.24. The molecule has 1 nitrogen and oxygen atoms in total. The zero-order valence-electron chi connectivity index (χ0n) is 9.54. The van der Waals surface area contributed by atoms with Crippen LogP contribution in [0.1, 0.15) is 27.9 Å². The lowest BCUT2D eigenvalue weighted by Gasteiger charge is -2.01. The Balaban J connectivity index is 2.05. The lowest BCUT2D eigenvalue weighted by molar-refractivity contribution is 1.32. The van der Waals surface area contributed by atoms with Crippen LogP contribution in [0, 0.1) is 20.3 Å². The Hall–Kier alpha value is -1.76. The molecular formula is C15H14N.